The molecule has 0 spiro atoms. The number of aliphatic hydroxyl groups is 1. The molecule has 0 aromatic heterocycles. The molecule has 2 nitrogen and oxygen atoms in total. The lowest BCUT2D eigenvalue weighted by atomic mass is 9.99. The Kier molecular flexibility index (Phi) is 5.44. The van der Waals surface area contributed by atoms with Crippen LogP contribution in [0.2, 0.25) is 0 Å². The molecule has 14 heavy (non-hydrogen) atoms. The Bertz CT molecular complexity index is 157. The van der Waals surface area contributed by atoms with Crippen LogP contribution in [0.1, 0.15) is 33.1 Å². The van der Waals surface area contributed by atoms with Gasteiger partial charge in [0.1, 0.15) is 0 Å². The maximum absolute atomic E-state index is 11.8. The molecule has 0 saturated heterocycles. The molecule has 0 heterocycles. The molecule has 0 aliphatic rings. The predicted molar refractivity (Wildman–Crippen MR) is 49.1 cm³/mol. The summed E-state index contributed by atoms with van der Waals surface area (Å²) in [6.07, 6.45) is -4.80. The fourth-order valence-corrected chi connectivity index (χ4v) is 1.15. The van der Waals surface area contributed by atoms with Crippen LogP contribution in [0.15, 0.2) is 0 Å². The van der Waals surface area contributed by atoms with E-state index in [2.05, 4.69) is 5.32 Å². The van der Waals surface area contributed by atoms with Crippen LogP contribution in [0.4, 0.5) is 13.2 Å². The van der Waals surface area contributed by atoms with Crippen molar-refractivity contribution in [1.29, 1.82) is 0 Å². The van der Waals surface area contributed by atoms with Crippen molar-refractivity contribution in [1.82, 2.24) is 5.32 Å². The molecule has 0 fully saturated rings. The first-order valence-corrected chi connectivity index (χ1v) is 4.77. The lowest BCUT2D eigenvalue weighted by Gasteiger charge is -2.23. The van der Waals surface area contributed by atoms with Crippen LogP contribution in [-0.4, -0.2) is 30.0 Å². The number of likely N-dealkylation sites (N-methyl/N-ethyl adjacent to an activating group) is 1. The fourth-order valence-electron chi connectivity index (χ4n) is 1.15. The van der Waals surface area contributed by atoms with E-state index >= 15 is 0 Å². The third kappa shape index (κ3) is 8.31. The van der Waals surface area contributed by atoms with E-state index in [4.69, 9.17) is 0 Å². The van der Waals surface area contributed by atoms with Gasteiger partial charge in [0, 0.05) is 13.0 Å². The summed E-state index contributed by atoms with van der Waals surface area (Å²) in [6, 6.07) is 0. The average molecular weight is 213 g/mol. The van der Waals surface area contributed by atoms with Gasteiger partial charge in [0.25, 0.3) is 0 Å². The van der Waals surface area contributed by atoms with Crippen molar-refractivity contribution in [2.75, 3.05) is 13.1 Å². The molecule has 0 saturated carbocycles. The zero-order valence-corrected chi connectivity index (χ0v) is 8.62. The van der Waals surface area contributed by atoms with Gasteiger partial charge >= 0.3 is 6.18 Å². The van der Waals surface area contributed by atoms with Crippen molar-refractivity contribution >= 4 is 0 Å². The van der Waals surface area contributed by atoms with E-state index in [1.54, 1.807) is 6.92 Å². The molecule has 1 atom stereocenters. The second-order valence-corrected chi connectivity index (χ2v) is 3.75. The average Bonchev–Trinajstić information content (AvgIpc) is 1.98. The molecule has 2 N–H and O–H groups in total. The highest BCUT2D eigenvalue weighted by molar-refractivity contribution is 4.75. The Hall–Kier alpha value is -0.290. The quantitative estimate of drug-likeness (QED) is 0.708. The van der Waals surface area contributed by atoms with Crippen molar-refractivity contribution in [2.24, 2.45) is 0 Å². The summed E-state index contributed by atoms with van der Waals surface area (Å²) in [5, 5.41) is 12.5. The normalized spacial score (nSPS) is 16.7. The Morgan fingerprint density at radius 2 is 1.79 bits per heavy atom. The molecule has 0 bridgehead atoms. The molecule has 0 radical (unpaired) electrons. The molecule has 0 rings (SSSR count). The summed E-state index contributed by atoms with van der Waals surface area (Å²) in [5.74, 6) is 0. The molecular formula is C9H18F3NO. The van der Waals surface area contributed by atoms with E-state index in [0.717, 1.165) is 0 Å². The molecular weight excluding hydrogens is 195 g/mol. The number of halogens is 3. The van der Waals surface area contributed by atoms with Gasteiger partial charge in [-0.05, 0) is 26.3 Å². The molecule has 0 aromatic rings. The lowest BCUT2D eigenvalue weighted by molar-refractivity contribution is -0.137. The van der Waals surface area contributed by atoms with Crippen molar-refractivity contribution < 1.29 is 18.3 Å². The molecule has 86 valence electrons. The van der Waals surface area contributed by atoms with Gasteiger partial charge in [-0.3, -0.25) is 0 Å². The van der Waals surface area contributed by atoms with Crippen LogP contribution < -0.4 is 5.32 Å². The van der Waals surface area contributed by atoms with Crippen molar-refractivity contribution in [2.45, 2.75) is 44.9 Å². The second-order valence-electron chi connectivity index (χ2n) is 3.75. The second kappa shape index (κ2) is 5.56. The van der Waals surface area contributed by atoms with Gasteiger partial charge in [0.2, 0.25) is 0 Å². The van der Waals surface area contributed by atoms with Crippen molar-refractivity contribution in [3.63, 3.8) is 0 Å². The van der Waals surface area contributed by atoms with Crippen LogP contribution in [0.25, 0.3) is 0 Å². The van der Waals surface area contributed by atoms with E-state index in [0.29, 0.717) is 13.1 Å². The molecule has 0 amide bonds. The molecule has 1 unspecified atom stereocenters. The minimum Gasteiger partial charge on any atom is -0.389 e. The van der Waals surface area contributed by atoms with Crippen LogP contribution in [0.3, 0.4) is 0 Å². The van der Waals surface area contributed by atoms with E-state index in [-0.39, 0.29) is 12.8 Å². The molecule has 0 aromatic carbocycles. The van der Waals surface area contributed by atoms with Gasteiger partial charge in [-0.25, -0.2) is 0 Å². The topological polar surface area (TPSA) is 32.3 Å². The van der Waals surface area contributed by atoms with Crippen LogP contribution >= 0.6 is 0 Å². The number of nitrogens with one attached hydrogen (secondary N) is 1. The van der Waals surface area contributed by atoms with Crippen LogP contribution in [0, 0.1) is 0 Å². The maximum Gasteiger partial charge on any atom is 0.389 e. The van der Waals surface area contributed by atoms with Crippen LogP contribution in [-0.2, 0) is 0 Å². The first-order valence-electron chi connectivity index (χ1n) is 4.77. The van der Waals surface area contributed by atoms with Gasteiger partial charge in [0.05, 0.1) is 5.60 Å². The number of alkyl halides is 3. The highest BCUT2D eigenvalue weighted by Gasteiger charge is 2.28. The minimum absolute atomic E-state index is 0.0259. The highest BCUT2D eigenvalue weighted by Crippen LogP contribution is 2.24. The smallest absolute Gasteiger partial charge is 0.389 e. The van der Waals surface area contributed by atoms with Crippen molar-refractivity contribution in [3.05, 3.63) is 0 Å². The minimum atomic E-state index is -4.12. The van der Waals surface area contributed by atoms with Gasteiger partial charge in [-0.15, -0.1) is 0 Å². The number of hydrogen-bond acceptors (Lipinski definition) is 2. The number of hydrogen-bond donors (Lipinski definition) is 2. The summed E-state index contributed by atoms with van der Waals surface area (Å²) in [5.41, 5.74) is -1.04. The number of rotatable bonds is 6. The highest BCUT2D eigenvalue weighted by atomic mass is 19.4. The Morgan fingerprint density at radius 1 is 1.21 bits per heavy atom. The van der Waals surface area contributed by atoms with Crippen LogP contribution in [0.5, 0.6) is 0 Å². The third-order valence-electron chi connectivity index (χ3n) is 1.93. The standard InChI is InChI=1S/C9H18F3NO/c1-3-13-7-8(2,14)5-4-6-9(10,11)12/h13-14H,3-7H2,1-2H3. The third-order valence-corrected chi connectivity index (χ3v) is 1.93. The maximum atomic E-state index is 11.8. The molecule has 0 aliphatic heterocycles. The largest absolute Gasteiger partial charge is 0.389 e. The summed E-state index contributed by atoms with van der Waals surface area (Å²) >= 11 is 0. The van der Waals surface area contributed by atoms with E-state index in [1.807, 2.05) is 6.92 Å². The van der Waals surface area contributed by atoms with Gasteiger partial charge in [-0.2, -0.15) is 13.2 Å². The van der Waals surface area contributed by atoms with Gasteiger partial charge in [0.15, 0.2) is 0 Å². The Labute approximate surface area is 82.5 Å². The predicted octanol–water partition coefficient (Wildman–Crippen LogP) is 2.08. The SMILES string of the molecule is CCNCC(C)(O)CCCC(F)(F)F. The Balaban J connectivity index is 3.65. The lowest BCUT2D eigenvalue weighted by Crippen LogP contribution is -2.37. The van der Waals surface area contributed by atoms with E-state index < -0.39 is 18.2 Å². The molecule has 0 aliphatic carbocycles. The zero-order valence-electron chi connectivity index (χ0n) is 8.62. The summed E-state index contributed by atoms with van der Waals surface area (Å²) in [6.45, 7) is 4.47. The van der Waals surface area contributed by atoms with Crippen molar-refractivity contribution in [3.8, 4) is 0 Å². The Morgan fingerprint density at radius 3 is 2.21 bits per heavy atom. The zero-order chi connectivity index (χ0) is 11.2. The monoisotopic (exact) mass is 213 g/mol. The fraction of sp³-hybridized carbons (Fsp3) is 1.00. The first-order chi connectivity index (χ1) is 6.27. The molecule has 5 heteroatoms. The summed E-state index contributed by atoms with van der Waals surface area (Å²) in [4.78, 5) is 0. The summed E-state index contributed by atoms with van der Waals surface area (Å²) < 4.78 is 35.4. The van der Waals surface area contributed by atoms with E-state index in [9.17, 15) is 18.3 Å². The van der Waals surface area contributed by atoms with Gasteiger partial charge < -0.3 is 10.4 Å². The van der Waals surface area contributed by atoms with E-state index in [1.165, 1.54) is 0 Å². The first kappa shape index (κ1) is 13.7. The van der Waals surface area contributed by atoms with Gasteiger partial charge in [-0.1, -0.05) is 6.92 Å². The summed E-state index contributed by atoms with van der Waals surface area (Å²) in [7, 11) is 0.